The van der Waals surface area contributed by atoms with Gasteiger partial charge in [0.05, 0.1) is 17.8 Å². The minimum atomic E-state index is -0.298. The van der Waals surface area contributed by atoms with Crippen LogP contribution in [-0.2, 0) is 9.53 Å². The van der Waals surface area contributed by atoms with E-state index in [1.165, 1.54) is 0 Å². The summed E-state index contributed by atoms with van der Waals surface area (Å²) in [6.45, 7) is 6.91. The molecule has 0 saturated carbocycles. The second kappa shape index (κ2) is 11.3. The summed E-state index contributed by atoms with van der Waals surface area (Å²) in [4.78, 5) is 27.1. The van der Waals surface area contributed by atoms with E-state index in [2.05, 4.69) is 45.3 Å². The van der Waals surface area contributed by atoms with Crippen molar-refractivity contribution in [1.82, 2.24) is 10.2 Å². The predicted molar refractivity (Wildman–Crippen MR) is 123 cm³/mol. The second-order valence-electron chi connectivity index (χ2n) is 7.61. The Bertz CT molecular complexity index is 881. The van der Waals surface area contributed by atoms with Crippen LogP contribution in [0.15, 0.2) is 53.0 Å². The van der Waals surface area contributed by atoms with Crippen molar-refractivity contribution in [3.8, 4) is 5.75 Å². The molecule has 2 aromatic carbocycles. The van der Waals surface area contributed by atoms with E-state index in [1.807, 2.05) is 12.1 Å². The van der Waals surface area contributed by atoms with Gasteiger partial charge in [-0.2, -0.15) is 0 Å². The Morgan fingerprint density at radius 1 is 1.10 bits per heavy atom. The van der Waals surface area contributed by atoms with Gasteiger partial charge in [-0.15, -0.1) is 0 Å². The van der Waals surface area contributed by atoms with Crippen LogP contribution < -0.4 is 15.4 Å². The Hall–Kier alpha value is -2.42. The molecule has 2 N–H and O–H groups in total. The highest BCUT2D eigenvalue weighted by Crippen LogP contribution is 2.18. The highest BCUT2D eigenvalue weighted by atomic mass is 79.9. The molecule has 0 aromatic heterocycles. The molecule has 0 spiro atoms. The smallest absolute Gasteiger partial charge is 0.262 e. The number of amides is 2. The number of hydrogen-bond acceptors (Lipinski definition) is 5. The van der Waals surface area contributed by atoms with Crippen molar-refractivity contribution in [2.75, 3.05) is 38.1 Å². The molecular formula is C23H28BrN3O4. The van der Waals surface area contributed by atoms with Crippen molar-refractivity contribution in [2.45, 2.75) is 26.1 Å². The zero-order chi connectivity index (χ0) is 22.2. The van der Waals surface area contributed by atoms with E-state index < -0.39 is 0 Å². The minimum Gasteiger partial charge on any atom is -0.483 e. The summed E-state index contributed by atoms with van der Waals surface area (Å²) in [5.74, 6) is -0.147. The molecule has 1 heterocycles. The molecule has 0 radical (unpaired) electrons. The molecule has 2 atom stereocenters. The van der Waals surface area contributed by atoms with Gasteiger partial charge in [-0.25, -0.2) is 0 Å². The van der Waals surface area contributed by atoms with E-state index in [0.29, 0.717) is 23.5 Å². The Balaban J connectivity index is 1.49. The number of halogens is 1. The van der Waals surface area contributed by atoms with Crippen LogP contribution in [0, 0.1) is 0 Å². The SMILES string of the molecule is C[C@H]1CN(CCNC(=O)c2ccccc2OCC(=O)Nc2ccc(Br)cc2)C[C@H](C)O1. The van der Waals surface area contributed by atoms with Gasteiger partial charge in [-0.3, -0.25) is 14.5 Å². The lowest BCUT2D eigenvalue weighted by molar-refractivity contribution is -0.118. The Labute approximate surface area is 191 Å². The Kier molecular flexibility index (Phi) is 8.45. The topological polar surface area (TPSA) is 79.9 Å². The van der Waals surface area contributed by atoms with Crippen LogP contribution in [0.4, 0.5) is 5.69 Å². The zero-order valence-electron chi connectivity index (χ0n) is 17.8. The van der Waals surface area contributed by atoms with Crippen molar-refractivity contribution in [3.63, 3.8) is 0 Å². The normalized spacial score (nSPS) is 18.9. The number of anilines is 1. The van der Waals surface area contributed by atoms with Crippen LogP contribution in [-0.4, -0.2) is 61.7 Å². The van der Waals surface area contributed by atoms with Crippen LogP contribution in [0.5, 0.6) is 5.75 Å². The van der Waals surface area contributed by atoms with E-state index in [9.17, 15) is 9.59 Å². The van der Waals surface area contributed by atoms with Gasteiger partial charge in [0.1, 0.15) is 5.75 Å². The number of morpholine rings is 1. The molecule has 1 aliphatic heterocycles. The number of nitrogens with one attached hydrogen (secondary N) is 2. The second-order valence-corrected chi connectivity index (χ2v) is 8.53. The summed E-state index contributed by atoms with van der Waals surface area (Å²) in [6.07, 6.45) is 0.384. The number of hydrogen-bond donors (Lipinski definition) is 2. The highest BCUT2D eigenvalue weighted by Gasteiger charge is 2.22. The fraction of sp³-hybridized carbons (Fsp3) is 0.391. The Morgan fingerprint density at radius 3 is 2.48 bits per heavy atom. The quantitative estimate of drug-likeness (QED) is 0.594. The summed E-state index contributed by atoms with van der Waals surface area (Å²) >= 11 is 3.36. The first-order chi connectivity index (χ1) is 14.9. The van der Waals surface area contributed by atoms with Crippen molar-refractivity contribution >= 4 is 33.4 Å². The van der Waals surface area contributed by atoms with Crippen molar-refractivity contribution < 1.29 is 19.1 Å². The summed E-state index contributed by atoms with van der Waals surface area (Å²) < 4.78 is 12.3. The number of carbonyl (C=O) groups excluding carboxylic acids is 2. The molecule has 166 valence electrons. The van der Waals surface area contributed by atoms with Gasteiger partial charge in [0, 0.05) is 36.3 Å². The monoisotopic (exact) mass is 489 g/mol. The molecule has 7 nitrogen and oxygen atoms in total. The molecule has 2 aromatic rings. The fourth-order valence-corrected chi connectivity index (χ4v) is 3.81. The van der Waals surface area contributed by atoms with E-state index in [1.54, 1.807) is 36.4 Å². The third-order valence-electron chi connectivity index (χ3n) is 4.83. The van der Waals surface area contributed by atoms with Crippen LogP contribution in [0.25, 0.3) is 0 Å². The first kappa shape index (κ1) is 23.2. The summed E-state index contributed by atoms with van der Waals surface area (Å²) in [5.41, 5.74) is 1.08. The zero-order valence-corrected chi connectivity index (χ0v) is 19.4. The van der Waals surface area contributed by atoms with Gasteiger partial charge in [0.15, 0.2) is 6.61 Å². The maximum absolute atomic E-state index is 12.7. The number of rotatable bonds is 8. The average molecular weight is 490 g/mol. The number of carbonyl (C=O) groups is 2. The Morgan fingerprint density at radius 2 is 1.77 bits per heavy atom. The molecule has 0 unspecified atom stereocenters. The standard InChI is InChI=1S/C23H28BrN3O4/c1-16-13-27(14-17(2)31-16)12-11-25-23(29)20-5-3-4-6-21(20)30-15-22(28)26-19-9-7-18(24)8-10-19/h3-10,16-17H,11-15H2,1-2H3,(H,25,29)(H,26,28)/t16-,17-/m0/s1. The lowest BCUT2D eigenvalue weighted by Gasteiger charge is -2.35. The van der Waals surface area contributed by atoms with Gasteiger partial charge in [0.2, 0.25) is 0 Å². The van der Waals surface area contributed by atoms with Crippen LogP contribution in [0.1, 0.15) is 24.2 Å². The van der Waals surface area contributed by atoms with Crippen LogP contribution in [0.2, 0.25) is 0 Å². The van der Waals surface area contributed by atoms with Gasteiger partial charge in [-0.05, 0) is 50.2 Å². The van der Waals surface area contributed by atoms with Gasteiger partial charge >= 0.3 is 0 Å². The molecule has 1 saturated heterocycles. The fourth-order valence-electron chi connectivity index (χ4n) is 3.54. The van der Waals surface area contributed by atoms with Gasteiger partial charge in [0.25, 0.3) is 11.8 Å². The largest absolute Gasteiger partial charge is 0.483 e. The van der Waals surface area contributed by atoms with E-state index >= 15 is 0 Å². The molecular weight excluding hydrogens is 462 g/mol. The lowest BCUT2D eigenvalue weighted by atomic mass is 10.2. The minimum absolute atomic E-state index is 0.191. The summed E-state index contributed by atoms with van der Waals surface area (Å²) in [5, 5.41) is 5.71. The summed E-state index contributed by atoms with van der Waals surface area (Å²) in [7, 11) is 0. The highest BCUT2D eigenvalue weighted by molar-refractivity contribution is 9.10. The van der Waals surface area contributed by atoms with Crippen LogP contribution >= 0.6 is 15.9 Å². The first-order valence-corrected chi connectivity index (χ1v) is 11.1. The van der Waals surface area contributed by atoms with E-state index in [0.717, 1.165) is 24.1 Å². The molecule has 8 heteroatoms. The maximum atomic E-state index is 12.7. The molecule has 0 aliphatic carbocycles. The summed E-state index contributed by atoms with van der Waals surface area (Å²) in [6, 6.07) is 14.2. The third-order valence-corrected chi connectivity index (χ3v) is 5.36. The van der Waals surface area contributed by atoms with E-state index in [4.69, 9.17) is 9.47 Å². The number of para-hydroxylation sites is 1. The molecule has 1 aliphatic rings. The van der Waals surface area contributed by atoms with Gasteiger partial charge in [-0.1, -0.05) is 28.1 Å². The number of ether oxygens (including phenoxy) is 2. The van der Waals surface area contributed by atoms with Gasteiger partial charge < -0.3 is 20.1 Å². The van der Waals surface area contributed by atoms with Crippen molar-refractivity contribution in [3.05, 3.63) is 58.6 Å². The maximum Gasteiger partial charge on any atom is 0.262 e. The number of benzene rings is 2. The van der Waals surface area contributed by atoms with E-state index in [-0.39, 0.29) is 30.6 Å². The molecule has 31 heavy (non-hydrogen) atoms. The molecule has 1 fully saturated rings. The molecule has 3 rings (SSSR count). The molecule has 0 bridgehead atoms. The van der Waals surface area contributed by atoms with Crippen molar-refractivity contribution in [2.24, 2.45) is 0 Å². The predicted octanol–water partition coefficient (Wildman–Crippen LogP) is 3.31. The average Bonchev–Trinajstić information content (AvgIpc) is 2.73. The first-order valence-electron chi connectivity index (χ1n) is 10.3. The third kappa shape index (κ3) is 7.34. The number of nitrogens with zero attached hydrogens (tertiary/aromatic N) is 1. The lowest BCUT2D eigenvalue weighted by Crippen LogP contribution is -2.47. The van der Waals surface area contributed by atoms with Crippen molar-refractivity contribution in [1.29, 1.82) is 0 Å². The molecule has 2 amide bonds. The van der Waals surface area contributed by atoms with Crippen LogP contribution in [0.3, 0.4) is 0 Å².